The number of amides is 1. The molecule has 0 radical (unpaired) electrons. The molecule has 6 rings (SSSR count). The molecule has 1 aliphatic carbocycles. The van der Waals surface area contributed by atoms with Gasteiger partial charge >= 0.3 is 0 Å². The van der Waals surface area contributed by atoms with Crippen LogP contribution >= 0.6 is 0 Å². The summed E-state index contributed by atoms with van der Waals surface area (Å²) in [6.45, 7) is 3.18. The number of carbonyl (C=O) groups excluding carboxylic acids is 1. The second-order valence-corrected chi connectivity index (χ2v) is 9.87. The molecule has 2 aromatic carbocycles. The van der Waals surface area contributed by atoms with Gasteiger partial charge < -0.3 is 9.80 Å². The molecule has 3 heterocycles. The molecule has 1 saturated carbocycles. The van der Waals surface area contributed by atoms with E-state index < -0.39 is 23.1 Å². The van der Waals surface area contributed by atoms with Crippen LogP contribution in [0.25, 0.3) is 16.6 Å². The summed E-state index contributed by atoms with van der Waals surface area (Å²) in [5, 5.41) is 10.2. The van der Waals surface area contributed by atoms with E-state index >= 15 is 0 Å². The van der Waals surface area contributed by atoms with E-state index in [-0.39, 0.29) is 6.04 Å². The molecule has 1 amide bonds. The van der Waals surface area contributed by atoms with Crippen LogP contribution in [-0.4, -0.2) is 56.1 Å². The van der Waals surface area contributed by atoms with Crippen LogP contribution in [0.1, 0.15) is 61.1 Å². The van der Waals surface area contributed by atoms with Crippen molar-refractivity contribution in [3.8, 4) is 0 Å². The Bertz CT molecular complexity index is 1430. The first-order valence-corrected chi connectivity index (χ1v) is 12.7. The monoisotopic (exact) mass is 490 g/mol. The lowest BCUT2D eigenvalue weighted by Crippen LogP contribution is -2.55. The lowest BCUT2D eigenvalue weighted by molar-refractivity contribution is 0.0663. The van der Waals surface area contributed by atoms with Crippen LogP contribution in [-0.2, 0) is 0 Å². The topological polar surface area (TPSA) is 66.6 Å². The molecule has 7 nitrogen and oxygen atoms in total. The van der Waals surface area contributed by atoms with Gasteiger partial charge in [-0.25, -0.2) is 18.2 Å². The van der Waals surface area contributed by atoms with Gasteiger partial charge in [-0.2, -0.15) is 0 Å². The first-order chi connectivity index (χ1) is 17.5. The summed E-state index contributed by atoms with van der Waals surface area (Å²) in [5.41, 5.74) is 1.13. The number of hydrogen-bond donors (Lipinski definition) is 0. The fraction of sp³-hybridized carbons (Fsp3) is 0.407. The molecular formula is C27H28F2N6O. The molecule has 0 bridgehead atoms. The van der Waals surface area contributed by atoms with Crippen LogP contribution in [0.4, 0.5) is 14.7 Å². The normalized spacial score (nSPS) is 19.4. The van der Waals surface area contributed by atoms with Crippen molar-refractivity contribution in [2.75, 3.05) is 24.5 Å². The van der Waals surface area contributed by atoms with Gasteiger partial charge in [0.2, 0.25) is 5.95 Å². The Morgan fingerprint density at radius 3 is 2.44 bits per heavy atom. The number of piperazine rings is 1. The first kappa shape index (κ1) is 22.8. The van der Waals surface area contributed by atoms with E-state index in [1.807, 2.05) is 31.2 Å². The molecule has 2 aliphatic rings. The Labute approximate surface area is 207 Å². The fourth-order valence-corrected chi connectivity index (χ4v) is 5.71. The number of para-hydroxylation sites is 1. The average Bonchev–Trinajstić information content (AvgIpc) is 3.34. The maximum Gasteiger partial charge on any atom is 0.260 e. The maximum atomic E-state index is 14.3. The highest BCUT2D eigenvalue weighted by Crippen LogP contribution is 2.35. The predicted molar refractivity (Wildman–Crippen MR) is 133 cm³/mol. The van der Waals surface area contributed by atoms with Gasteiger partial charge in [0.05, 0.1) is 5.52 Å². The van der Waals surface area contributed by atoms with Gasteiger partial charge in [-0.1, -0.05) is 37.5 Å². The summed E-state index contributed by atoms with van der Waals surface area (Å²) in [4.78, 5) is 21.8. The zero-order valence-electron chi connectivity index (χ0n) is 20.2. The van der Waals surface area contributed by atoms with Crippen molar-refractivity contribution in [1.82, 2.24) is 24.5 Å². The van der Waals surface area contributed by atoms with Crippen LogP contribution in [0, 0.1) is 11.6 Å². The summed E-state index contributed by atoms with van der Waals surface area (Å²) in [5.74, 6) is -0.271. The molecule has 1 atom stereocenters. The Hall–Kier alpha value is -3.62. The van der Waals surface area contributed by atoms with E-state index in [4.69, 9.17) is 4.98 Å². The van der Waals surface area contributed by atoms with Crippen LogP contribution in [0.5, 0.6) is 0 Å². The van der Waals surface area contributed by atoms with Crippen molar-refractivity contribution in [2.45, 2.75) is 51.0 Å². The molecular weight excluding hydrogens is 462 g/mol. The largest absolute Gasteiger partial charge is 0.338 e. The van der Waals surface area contributed by atoms with Gasteiger partial charge in [-0.15, -0.1) is 10.2 Å². The second-order valence-electron chi connectivity index (χ2n) is 9.87. The van der Waals surface area contributed by atoms with Crippen molar-refractivity contribution in [3.63, 3.8) is 0 Å². The molecule has 2 fully saturated rings. The number of fused-ring (bicyclic) bond motifs is 3. The van der Waals surface area contributed by atoms with Crippen molar-refractivity contribution in [3.05, 3.63) is 65.5 Å². The quantitative estimate of drug-likeness (QED) is 0.406. The van der Waals surface area contributed by atoms with Gasteiger partial charge in [0.25, 0.3) is 5.91 Å². The zero-order valence-corrected chi connectivity index (χ0v) is 20.2. The number of rotatable bonds is 3. The zero-order chi connectivity index (χ0) is 24.8. The maximum absolute atomic E-state index is 14.3. The Kier molecular flexibility index (Phi) is 5.78. The van der Waals surface area contributed by atoms with Crippen molar-refractivity contribution in [2.24, 2.45) is 0 Å². The smallest absolute Gasteiger partial charge is 0.260 e. The standard InChI is InChI=1S/C27H28F2N6O/c1-17-16-33(14-15-34(17)26(36)23-20(28)11-7-12-21(23)29)27-30-22-13-6-5-10-19(22)25-32-31-24(35(25)27)18-8-3-2-4-9-18/h5-7,10-13,17-18H,2-4,8-9,14-16H2,1H3/t17-/m0/s1. The van der Waals surface area contributed by atoms with Gasteiger partial charge in [-0.3, -0.25) is 4.79 Å². The Balaban J connectivity index is 1.37. The number of aromatic nitrogens is 4. The van der Waals surface area contributed by atoms with E-state index in [1.165, 1.54) is 25.3 Å². The third-order valence-electron chi connectivity index (χ3n) is 7.57. The van der Waals surface area contributed by atoms with E-state index in [2.05, 4.69) is 19.5 Å². The van der Waals surface area contributed by atoms with E-state index in [0.717, 1.165) is 53.3 Å². The minimum atomic E-state index is -0.839. The number of hydrogen-bond acceptors (Lipinski definition) is 5. The predicted octanol–water partition coefficient (Wildman–Crippen LogP) is 4.95. The Morgan fingerprint density at radius 1 is 0.944 bits per heavy atom. The summed E-state index contributed by atoms with van der Waals surface area (Å²) < 4.78 is 30.7. The van der Waals surface area contributed by atoms with Crippen LogP contribution in [0.3, 0.4) is 0 Å². The molecule has 0 unspecified atom stereocenters. The van der Waals surface area contributed by atoms with Gasteiger partial charge in [0, 0.05) is 37.0 Å². The van der Waals surface area contributed by atoms with Crippen molar-refractivity contribution >= 4 is 28.4 Å². The van der Waals surface area contributed by atoms with Crippen molar-refractivity contribution in [1.29, 1.82) is 0 Å². The van der Waals surface area contributed by atoms with Gasteiger partial charge in [0.15, 0.2) is 5.65 Å². The van der Waals surface area contributed by atoms with Gasteiger partial charge in [0.1, 0.15) is 23.0 Å². The number of anilines is 1. The summed E-state index contributed by atoms with van der Waals surface area (Å²) >= 11 is 0. The van der Waals surface area contributed by atoms with E-state index in [9.17, 15) is 13.6 Å². The molecule has 1 aliphatic heterocycles. The molecule has 1 saturated heterocycles. The SMILES string of the molecule is C[C@H]1CN(c2nc3ccccc3c3nnc(C4CCCCC4)n23)CCN1C(=O)c1c(F)cccc1F. The highest BCUT2D eigenvalue weighted by molar-refractivity contribution is 5.95. The molecule has 2 aromatic heterocycles. The summed E-state index contributed by atoms with van der Waals surface area (Å²) in [6, 6.07) is 11.1. The lowest BCUT2D eigenvalue weighted by Gasteiger charge is -2.40. The first-order valence-electron chi connectivity index (χ1n) is 12.7. The summed E-state index contributed by atoms with van der Waals surface area (Å²) in [6.07, 6.45) is 5.78. The van der Waals surface area contributed by atoms with E-state index in [0.29, 0.717) is 25.6 Å². The number of nitrogens with zero attached hydrogens (tertiary/aromatic N) is 6. The fourth-order valence-electron chi connectivity index (χ4n) is 5.71. The molecule has 9 heteroatoms. The highest BCUT2D eigenvalue weighted by atomic mass is 19.1. The molecule has 4 aromatic rings. The van der Waals surface area contributed by atoms with Crippen LogP contribution in [0.15, 0.2) is 42.5 Å². The molecule has 0 N–H and O–H groups in total. The number of carbonyl (C=O) groups is 1. The highest BCUT2D eigenvalue weighted by Gasteiger charge is 2.33. The molecule has 0 spiro atoms. The number of benzene rings is 2. The third-order valence-corrected chi connectivity index (χ3v) is 7.57. The number of halogens is 2. The minimum Gasteiger partial charge on any atom is -0.338 e. The lowest BCUT2D eigenvalue weighted by atomic mass is 9.89. The molecule has 36 heavy (non-hydrogen) atoms. The second kappa shape index (κ2) is 9.11. The minimum absolute atomic E-state index is 0.275. The van der Waals surface area contributed by atoms with Gasteiger partial charge in [-0.05, 0) is 44.0 Å². The van der Waals surface area contributed by atoms with Crippen molar-refractivity contribution < 1.29 is 13.6 Å². The van der Waals surface area contributed by atoms with Crippen LogP contribution in [0.2, 0.25) is 0 Å². The Morgan fingerprint density at radius 2 is 1.69 bits per heavy atom. The summed E-state index contributed by atoms with van der Waals surface area (Å²) in [7, 11) is 0. The molecule has 186 valence electrons. The average molecular weight is 491 g/mol. The van der Waals surface area contributed by atoms with E-state index in [1.54, 1.807) is 4.90 Å². The third kappa shape index (κ3) is 3.77. The van der Waals surface area contributed by atoms with Crippen LogP contribution < -0.4 is 4.90 Å².